The Hall–Kier alpha value is -2.73. The number of H-pyrrole nitrogens is 1. The maximum atomic E-state index is 13.0. The molecule has 26 heavy (non-hydrogen) atoms. The van der Waals surface area contributed by atoms with Crippen LogP contribution in [0.4, 0.5) is 11.5 Å². The zero-order valence-corrected chi connectivity index (χ0v) is 14.9. The van der Waals surface area contributed by atoms with Crippen molar-refractivity contribution in [3.63, 3.8) is 0 Å². The van der Waals surface area contributed by atoms with Gasteiger partial charge in [0.1, 0.15) is 26.2 Å². The summed E-state index contributed by atoms with van der Waals surface area (Å²) in [7, 11) is 0. The minimum Gasteiger partial charge on any atom is -0.318 e. The second-order valence-electron chi connectivity index (χ2n) is 7.00. The van der Waals surface area contributed by atoms with E-state index < -0.39 is 0 Å². The number of piperazine rings is 1. The Balaban J connectivity index is 1.46. The highest BCUT2D eigenvalue weighted by Crippen LogP contribution is 2.25. The third kappa shape index (κ3) is 2.97. The number of aryl methyl sites for hydroxylation is 1. The van der Waals surface area contributed by atoms with Gasteiger partial charge >= 0.3 is 0 Å². The van der Waals surface area contributed by atoms with Crippen LogP contribution in [0.25, 0.3) is 0 Å². The lowest BCUT2D eigenvalue weighted by Gasteiger charge is -2.31. The molecule has 6 nitrogen and oxygen atoms in total. The number of hydrogen-bond donors (Lipinski definition) is 1. The van der Waals surface area contributed by atoms with E-state index in [1.807, 2.05) is 49.5 Å². The number of para-hydroxylation sites is 1. The van der Waals surface area contributed by atoms with E-state index in [2.05, 4.69) is 16.0 Å². The van der Waals surface area contributed by atoms with E-state index in [1.165, 1.54) is 9.80 Å². The molecule has 6 heteroatoms. The molecule has 3 heterocycles. The summed E-state index contributed by atoms with van der Waals surface area (Å²) in [4.78, 5) is 33.7. The average molecular weight is 352 g/mol. The summed E-state index contributed by atoms with van der Waals surface area (Å²) in [6, 6.07) is 13.4. The second kappa shape index (κ2) is 6.88. The number of nitrogens with one attached hydrogen (secondary N) is 2. The van der Waals surface area contributed by atoms with Crippen molar-refractivity contribution < 1.29 is 19.5 Å². The minimum absolute atomic E-state index is 0.0565. The number of rotatable bonds is 3. The van der Waals surface area contributed by atoms with Crippen molar-refractivity contribution >= 4 is 23.3 Å². The monoisotopic (exact) mass is 352 g/mol. The summed E-state index contributed by atoms with van der Waals surface area (Å²) in [6.45, 7) is 5.39. The number of benzene rings is 1. The molecule has 0 saturated carbocycles. The lowest BCUT2D eigenvalue weighted by molar-refractivity contribution is -0.915. The zero-order valence-electron chi connectivity index (χ0n) is 14.9. The highest BCUT2D eigenvalue weighted by molar-refractivity contribution is 6.22. The number of anilines is 2. The van der Waals surface area contributed by atoms with Gasteiger partial charge in [-0.2, -0.15) is 0 Å². The first-order valence-corrected chi connectivity index (χ1v) is 9.14. The molecule has 134 valence electrons. The third-order valence-corrected chi connectivity index (χ3v) is 5.43. The molecule has 0 radical (unpaired) electrons. The number of imide groups is 1. The molecule has 4 rings (SSSR count). The molecular formula is C20H24N4O2+2. The summed E-state index contributed by atoms with van der Waals surface area (Å²) < 4.78 is 0. The molecule has 0 unspecified atom stereocenters. The number of quaternary nitrogens is 1. The number of pyridine rings is 1. The van der Waals surface area contributed by atoms with Gasteiger partial charge in [0.25, 0.3) is 11.7 Å². The number of aromatic nitrogens is 1. The van der Waals surface area contributed by atoms with Crippen molar-refractivity contribution in [1.82, 2.24) is 0 Å². The Morgan fingerprint density at radius 3 is 2.46 bits per heavy atom. The quantitative estimate of drug-likeness (QED) is 0.782. The van der Waals surface area contributed by atoms with Gasteiger partial charge in [0.15, 0.2) is 6.04 Å². The summed E-state index contributed by atoms with van der Waals surface area (Å²) >= 11 is 0. The average Bonchev–Trinajstić information content (AvgIpc) is 2.97. The minimum atomic E-state index is -0.260. The Morgan fingerprint density at radius 1 is 1.04 bits per heavy atom. The molecule has 2 N–H and O–H groups in total. The van der Waals surface area contributed by atoms with Gasteiger partial charge < -0.3 is 4.90 Å². The summed E-state index contributed by atoms with van der Waals surface area (Å²) in [6.07, 6.45) is 2.23. The van der Waals surface area contributed by atoms with Crippen LogP contribution < -0.4 is 19.7 Å². The lowest BCUT2D eigenvalue weighted by Crippen LogP contribution is -3.19. The maximum Gasteiger partial charge on any atom is 0.292 e. The van der Waals surface area contributed by atoms with E-state index in [0.29, 0.717) is 6.42 Å². The first-order chi connectivity index (χ1) is 12.6. The van der Waals surface area contributed by atoms with Gasteiger partial charge in [0, 0.05) is 6.07 Å². The van der Waals surface area contributed by atoms with E-state index in [9.17, 15) is 9.59 Å². The third-order valence-electron chi connectivity index (χ3n) is 5.43. The predicted octanol–water partition coefficient (Wildman–Crippen LogP) is -0.154. The molecule has 2 aliphatic heterocycles. The molecule has 1 atom stereocenters. The van der Waals surface area contributed by atoms with Gasteiger partial charge in [-0.1, -0.05) is 24.3 Å². The molecule has 2 fully saturated rings. The van der Waals surface area contributed by atoms with Crippen LogP contribution in [-0.4, -0.2) is 44.0 Å². The van der Waals surface area contributed by atoms with Crippen LogP contribution in [0, 0.1) is 6.92 Å². The molecule has 2 aromatic rings. The first kappa shape index (κ1) is 16.7. The molecule has 1 aromatic carbocycles. The number of hydrogen-bond acceptors (Lipinski definition) is 3. The Labute approximate surface area is 153 Å². The Kier molecular flexibility index (Phi) is 4.42. The lowest BCUT2D eigenvalue weighted by atomic mass is 10.1. The maximum absolute atomic E-state index is 13.0. The van der Waals surface area contributed by atoms with Gasteiger partial charge in [-0.3, -0.25) is 14.5 Å². The molecule has 0 aliphatic carbocycles. The number of nitrogens with zero attached hydrogens (tertiary/aromatic N) is 2. The fourth-order valence-corrected chi connectivity index (χ4v) is 3.98. The number of carbonyl (C=O) groups is 2. The van der Waals surface area contributed by atoms with Crippen LogP contribution in [0.2, 0.25) is 0 Å². The van der Waals surface area contributed by atoms with E-state index in [4.69, 9.17) is 0 Å². The SMILES string of the molecule is Cc1ccccc1N1C(=O)C[C@@H]([NH+]2CCN(c3cccc[nH+]3)CC2)C1=O. The fraction of sp³-hybridized carbons (Fsp3) is 0.350. The molecule has 1 aromatic heterocycles. The molecular weight excluding hydrogens is 328 g/mol. The van der Waals surface area contributed by atoms with Crippen LogP contribution in [0.3, 0.4) is 0 Å². The van der Waals surface area contributed by atoms with Crippen molar-refractivity contribution in [3.8, 4) is 0 Å². The van der Waals surface area contributed by atoms with Crippen LogP contribution in [0.15, 0.2) is 48.7 Å². The molecule has 2 aliphatic rings. The zero-order chi connectivity index (χ0) is 18.1. The van der Waals surface area contributed by atoms with Crippen LogP contribution in [0.1, 0.15) is 12.0 Å². The normalized spacial score (nSPS) is 21.5. The molecule has 2 saturated heterocycles. The van der Waals surface area contributed by atoms with Gasteiger partial charge in [0.2, 0.25) is 5.91 Å². The van der Waals surface area contributed by atoms with Crippen LogP contribution in [-0.2, 0) is 9.59 Å². The summed E-state index contributed by atoms with van der Waals surface area (Å²) in [5, 5.41) is 0. The van der Waals surface area contributed by atoms with Gasteiger partial charge in [-0.05, 0) is 24.6 Å². The largest absolute Gasteiger partial charge is 0.318 e. The van der Waals surface area contributed by atoms with Crippen molar-refractivity contribution in [3.05, 3.63) is 54.2 Å². The van der Waals surface area contributed by atoms with Crippen molar-refractivity contribution in [2.75, 3.05) is 36.0 Å². The Morgan fingerprint density at radius 2 is 1.77 bits per heavy atom. The number of aromatic amines is 1. The molecule has 0 spiro atoms. The van der Waals surface area contributed by atoms with E-state index in [0.717, 1.165) is 43.2 Å². The van der Waals surface area contributed by atoms with E-state index in [-0.39, 0.29) is 17.9 Å². The van der Waals surface area contributed by atoms with Crippen LogP contribution >= 0.6 is 0 Å². The summed E-state index contributed by atoms with van der Waals surface area (Å²) in [5.74, 6) is 0.960. The summed E-state index contributed by atoms with van der Waals surface area (Å²) in [5.41, 5.74) is 1.68. The standard InChI is InChI=1S/C20H22N4O2/c1-15-6-2-3-7-16(15)24-19(25)14-17(20(24)26)22-10-12-23(13-11-22)18-8-4-5-9-21-18/h2-9,17H,10-14H2,1H3/p+2/t17-/m1/s1. The van der Waals surface area contributed by atoms with Crippen molar-refractivity contribution in [2.45, 2.75) is 19.4 Å². The van der Waals surface area contributed by atoms with E-state index >= 15 is 0 Å². The van der Waals surface area contributed by atoms with E-state index in [1.54, 1.807) is 0 Å². The molecule has 0 bridgehead atoms. The first-order valence-electron chi connectivity index (χ1n) is 9.14. The highest BCUT2D eigenvalue weighted by Gasteiger charge is 2.47. The van der Waals surface area contributed by atoms with Gasteiger partial charge in [0.05, 0.1) is 18.3 Å². The van der Waals surface area contributed by atoms with Gasteiger partial charge in [-0.15, -0.1) is 0 Å². The Bertz CT molecular complexity index is 816. The highest BCUT2D eigenvalue weighted by atomic mass is 16.2. The number of carbonyl (C=O) groups excluding carboxylic acids is 2. The second-order valence-corrected chi connectivity index (χ2v) is 7.00. The van der Waals surface area contributed by atoms with Crippen molar-refractivity contribution in [1.29, 1.82) is 0 Å². The predicted molar refractivity (Wildman–Crippen MR) is 98.0 cm³/mol. The van der Waals surface area contributed by atoms with Gasteiger partial charge in [-0.25, -0.2) is 9.88 Å². The topological polar surface area (TPSA) is 59.2 Å². The number of amides is 2. The molecule has 2 amide bonds. The van der Waals surface area contributed by atoms with Crippen LogP contribution in [0.5, 0.6) is 0 Å². The van der Waals surface area contributed by atoms with Crippen molar-refractivity contribution in [2.24, 2.45) is 0 Å². The fourth-order valence-electron chi connectivity index (χ4n) is 3.98. The smallest absolute Gasteiger partial charge is 0.292 e.